The molecule has 0 heterocycles. The molecule has 0 aromatic heterocycles. The van der Waals surface area contributed by atoms with Gasteiger partial charge in [-0.25, -0.2) is 0 Å². The predicted molar refractivity (Wildman–Crippen MR) is 79.0 cm³/mol. The van der Waals surface area contributed by atoms with Crippen LogP contribution in [0.15, 0.2) is 18.2 Å². The molecule has 0 bridgehead atoms. The molecule has 0 aliphatic rings. The van der Waals surface area contributed by atoms with Crippen molar-refractivity contribution in [2.24, 2.45) is 0 Å². The van der Waals surface area contributed by atoms with Crippen molar-refractivity contribution in [3.63, 3.8) is 0 Å². The van der Waals surface area contributed by atoms with Crippen molar-refractivity contribution >= 4 is 8.07 Å². The van der Waals surface area contributed by atoms with Gasteiger partial charge in [0.15, 0.2) is 0 Å². The summed E-state index contributed by atoms with van der Waals surface area (Å²) in [5.74, 6) is 4.93. The van der Waals surface area contributed by atoms with Crippen LogP contribution in [0.5, 0.6) is 11.5 Å². The summed E-state index contributed by atoms with van der Waals surface area (Å²) in [4.78, 5) is 0. The summed E-state index contributed by atoms with van der Waals surface area (Å²) in [6, 6.07) is 5.82. The Morgan fingerprint density at radius 3 is 2.28 bits per heavy atom. The van der Waals surface area contributed by atoms with Crippen molar-refractivity contribution in [1.82, 2.24) is 0 Å². The monoisotopic (exact) mass is 262 g/mol. The second-order valence-corrected chi connectivity index (χ2v) is 9.77. The maximum absolute atomic E-state index is 5.59. The van der Waals surface area contributed by atoms with Gasteiger partial charge in [-0.1, -0.05) is 25.6 Å². The summed E-state index contributed by atoms with van der Waals surface area (Å²) in [6.07, 6.45) is 0. The summed E-state index contributed by atoms with van der Waals surface area (Å²) in [6.45, 7) is 12.0. The van der Waals surface area contributed by atoms with Gasteiger partial charge in [-0.15, -0.1) is 5.54 Å². The van der Waals surface area contributed by atoms with Crippen LogP contribution in [0.2, 0.25) is 19.6 Å². The maximum Gasteiger partial charge on any atom is 0.135 e. The Morgan fingerprint density at radius 1 is 1.06 bits per heavy atom. The lowest BCUT2D eigenvalue weighted by atomic mass is 10.2. The zero-order chi connectivity index (χ0) is 13.6. The molecule has 0 saturated carbocycles. The first-order valence-electron chi connectivity index (χ1n) is 6.39. The number of hydrogen-bond donors (Lipinski definition) is 0. The fraction of sp³-hybridized carbons (Fsp3) is 0.467. The van der Waals surface area contributed by atoms with E-state index in [9.17, 15) is 0 Å². The summed E-state index contributed by atoms with van der Waals surface area (Å²) >= 11 is 0. The molecule has 0 aliphatic heterocycles. The topological polar surface area (TPSA) is 18.5 Å². The van der Waals surface area contributed by atoms with Gasteiger partial charge in [0.2, 0.25) is 0 Å². The van der Waals surface area contributed by atoms with Crippen molar-refractivity contribution in [3.05, 3.63) is 23.8 Å². The lowest BCUT2D eigenvalue weighted by Gasteiger charge is -2.09. The van der Waals surface area contributed by atoms with Gasteiger partial charge in [-0.2, -0.15) is 0 Å². The third-order valence-corrected chi connectivity index (χ3v) is 3.01. The third-order valence-electron chi connectivity index (χ3n) is 2.13. The van der Waals surface area contributed by atoms with Gasteiger partial charge in [0.05, 0.1) is 18.8 Å². The van der Waals surface area contributed by atoms with Gasteiger partial charge >= 0.3 is 0 Å². The molecule has 0 atom stereocenters. The zero-order valence-electron chi connectivity index (χ0n) is 12.0. The zero-order valence-corrected chi connectivity index (χ0v) is 13.0. The largest absolute Gasteiger partial charge is 0.494 e. The Morgan fingerprint density at radius 2 is 1.72 bits per heavy atom. The lowest BCUT2D eigenvalue weighted by molar-refractivity contribution is 0.330. The Labute approximate surface area is 111 Å². The third kappa shape index (κ3) is 4.85. The molecule has 1 rings (SSSR count). The first-order chi connectivity index (χ1) is 8.46. The molecule has 0 saturated heterocycles. The van der Waals surface area contributed by atoms with Crippen molar-refractivity contribution in [3.8, 4) is 23.0 Å². The summed E-state index contributed by atoms with van der Waals surface area (Å²) in [7, 11) is -1.38. The predicted octanol–water partition coefficient (Wildman–Crippen LogP) is 3.71. The highest BCUT2D eigenvalue weighted by Crippen LogP contribution is 2.23. The number of rotatable bonds is 4. The van der Waals surface area contributed by atoms with E-state index < -0.39 is 8.07 Å². The van der Waals surface area contributed by atoms with E-state index >= 15 is 0 Å². The van der Waals surface area contributed by atoms with E-state index in [1.54, 1.807) is 0 Å². The molecule has 1 aromatic rings. The molecule has 0 unspecified atom stereocenters. The van der Waals surface area contributed by atoms with Crippen LogP contribution >= 0.6 is 0 Å². The summed E-state index contributed by atoms with van der Waals surface area (Å²) < 4.78 is 11.1. The summed E-state index contributed by atoms with van der Waals surface area (Å²) in [5, 5.41) is 0. The van der Waals surface area contributed by atoms with Gasteiger partial charge < -0.3 is 9.47 Å². The van der Waals surface area contributed by atoms with Crippen LogP contribution in [0.4, 0.5) is 0 Å². The van der Waals surface area contributed by atoms with E-state index in [0.29, 0.717) is 13.2 Å². The molecule has 2 nitrogen and oxygen atoms in total. The van der Waals surface area contributed by atoms with Crippen LogP contribution in [0.3, 0.4) is 0 Å². The second kappa shape index (κ2) is 6.51. The number of ether oxygens (including phenoxy) is 2. The Kier molecular flexibility index (Phi) is 5.30. The highest BCUT2D eigenvalue weighted by Gasteiger charge is 2.09. The van der Waals surface area contributed by atoms with Crippen molar-refractivity contribution in [1.29, 1.82) is 0 Å². The molecule has 0 amide bonds. The standard InChI is InChI=1S/C15H22O2Si/c1-6-16-14-8-9-15(17-7-2)13(12-14)10-11-18(3,4)5/h8-9,12H,6-7H2,1-5H3. The molecule has 0 aliphatic carbocycles. The molecule has 0 fully saturated rings. The van der Waals surface area contributed by atoms with Crippen LogP contribution < -0.4 is 9.47 Å². The van der Waals surface area contributed by atoms with Crippen LogP contribution in [0.25, 0.3) is 0 Å². The highest BCUT2D eigenvalue weighted by atomic mass is 28.3. The van der Waals surface area contributed by atoms with E-state index in [1.165, 1.54) is 0 Å². The van der Waals surface area contributed by atoms with Crippen molar-refractivity contribution in [2.75, 3.05) is 13.2 Å². The van der Waals surface area contributed by atoms with Crippen LogP contribution in [-0.4, -0.2) is 21.3 Å². The van der Waals surface area contributed by atoms with E-state index in [2.05, 4.69) is 31.1 Å². The molecular formula is C15H22O2Si. The fourth-order valence-electron chi connectivity index (χ4n) is 1.40. The molecular weight excluding hydrogens is 240 g/mol. The van der Waals surface area contributed by atoms with Crippen LogP contribution in [0, 0.1) is 11.5 Å². The van der Waals surface area contributed by atoms with E-state index in [4.69, 9.17) is 9.47 Å². The minimum Gasteiger partial charge on any atom is -0.494 e. The molecule has 0 spiro atoms. The molecule has 0 radical (unpaired) electrons. The normalized spacial score (nSPS) is 10.5. The average Bonchev–Trinajstić information content (AvgIpc) is 2.29. The summed E-state index contributed by atoms with van der Waals surface area (Å²) in [5.41, 5.74) is 4.28. The van der Waals surface area contributed by atoms with Crippen molar-refractivity contribution in [2.45, 2.75) is 33.5 Å². The fourth-order valence-corrected chi connectivity index (χ4v) is 1.91. The van der Waals surface area contributed by atoms with Gasteiger partial charge in [0, 0.05) is 0 Å². The molecule has 1 aromatic carbocycles. The molecule has 0 N–H and O–H groups in total. The SMILES string of the molecule is CCOc1ccc(OCC)c(C#C[Si](C)(C)C)c1. The molecule has 3 heteroatoms. The average molecular weight is 262 g/mol. The van der Waals surface area contributed by atoms with E-state index in [0.717, 1.165) is 17.1 Å². The van der Waals surface area contributed by atoms with Crippen LogP contribution in [-0.2, 0) is 0 Å². The van der Waals surface area contributed by atoms with Crippen molar-refractivity contribution < 1.29 is 9.47 Å². The highest BCUT2D eigenvalue weighted by molar-refractivity contribution is 6.83. The minimum atomic E-state index is -1.38. The minimum absolute atomic E-state index is 0.648. The Balaban J connectivity index is 3.09. The second-order valence-electron chi connectivity index (χ2n) is 5.02. The number of benzene rings is 1. The lowest BCUT2D eigenvalue weighted by Crippen LogP contribution is -2.16. The van der Waals surface area contributed by atoms with Gasteiger partial charge in [-0.05, 0) is 32.0 Å². The first-order valence-corrected chi connectivity index (χ1v) is 9.89. The Hall–Kier alpha value is -1.40. The Bertz CT molecular complexity index is 450. The smallest absolute Gasteiger partial charge is 0.135 e. The van der Waals surface area contributed by atoms with E-state index in [1.807, 2.05) is 32.0 Å². The molecule has 98 valence electrons. The van der Waals surface area contributed by atoms with Crippen LogP contribution in [0.1, 0.15) is 19.4 Å². The molecule has 18 heavy (non-hydrogen) atoms. The quantitative estimate of drug-likeness (QED) is 0.608. The van der Waals surface area contributed by atoms with Gasteiger partial charge in [0.25, 0.3) is 0 Å². The van der Waals surface area contributed by atoms with E-state index in [-0.39, 0.29) is 0 Å². The first kappa shape index (κ1) is 14.7. The van der Waals surface area contributed by atoms with Gasteiger partial charge in [-0.3, -0.25) is 0 Å². The van der Waals surface area contributed by atoms with Gasteiger partial charge in [0.1, 0.15) is 19.6 Å². The number of hydrogen-bond acceptors (Lipinski definition) is 2. The maximum atomic E-state index is 5.59.